The van der Waals surface area contributed by atoms with Crippen LogP contribution in [0.5, 0.6) is 0 Å². The molecule has 21 heavy (non-hydrogen) atoms. The van der Waals surface area contributed by atoms with E-state index in [1.165, 1.54) is 11.1 Å². The Hall–Kier alpha value is -1.84. The van der Waals surface area contributed by atoms with Crippen molar-refractivity contribution in [3.63, 3.8) is 0 Å². The van der Waals surface area contributed by atoms with E-state index in [0.717, 1.165) is 25.1 Å². The van der Waals surface area contributed by atoms with E-state index in [1.54, 1.807) is 4.90 Å². The Kier molecular flexibility index (Phi) is 4.35. The first kappa shape index (κ1) is 15.5. The lowest BCUT2D eigenvalue weighted by Gasteiger charge is -2.30. The van der Waals surface area contributed by atoms with Crippen LogP contribution in [0.25, 0.3) is 0 Å². The summed E-state index contributed by atoms with van der Waals surface area (Å²) in [7, 11) is 0. The zero-order valence-corrected chi connectivity index (χ0v) is 13.3. The standard InChI is InChI=1S/C17H24N2O2/c1-12-7-8-14-13(10-12)6-5-9-19(14)15(20)11-18-16(21)17(2,3)4/h7-8,10H,5-6,9,11H2,1-4H3,(H,18,21). The van der Waals surface area contributed by atoms with Crippen LogP contribution < -0.4 is 10.2 Å². The van der Waals surface area contributed by atoms with Crippen LogP contribution in [0.2, 0.25) is 0 Å². The van der Waals surface area contributed by atoms with Gasteiger partial charge in [-0.25, -0.2) is 0 Å². The van der Waals surface area contributed by atoms with E-state index in [2.05, 4.69) is 18.3 Å². The molecular formula is C17H24N2O2. The molecule has 2 rings (SSSR count). The summed E-state index contributed by atoms with van der Waals surface area (Å²) < 4.78 is 0. The Morgan fingerprint density at radius 3 is 2.67 bits per heavy atom. The highest BCUT2D eigenvalue weighted by atomic mass is 16.2. The highest BCUT2D eigenvalue weighted by Crippen LogP contribution is 2.27. The molecule has 0 saturated carbocycles. The fraction of sp³-hybridized carbons (Fsp3) is 0.529. The number of hydrogen-bond acceptors (Lipinski definition) is 2. The van der Waals surface area contributed by atoms with Gasteiger partial charge in [0.05, 0.1) is 6.54 Å². The van der Waals surface area contributed by atoms with Crippen molar-refractivity contribution in [3.05, 3.63) is 29.3 Å². The van der Waals surface area contributed by atoms with Crippen molar-refractivity contribution in [2.45, 2.75) is 40.5 Å². The van der Waals surface area contributed by atoms with Gasteiger partial charge in [0.2, 0.25) is 11.8 Å². The number of nitrogens with one attached hydrogen (secondary N) is 1. The highest BCUT2D eigenvalue weighted by molar-refractivity contribution is 5.98. The van der Waals surface area contributed by atoms with Crippen LogP contribution in [0.15, 0.2) is 18.2 Å². The maximum atomic E-state index is 12.4. The Labute approximate surface area is 126 Å². The maximum Gasteiger partial charge on any atom is 0.246 e. The van der Waals surface area contributed by atoms with Gasteiger partial charge in [-0.15, -0.1) is 0 Å². The second-order valence-corrected chi connectivity index (χ2v) is 6.71. The third kappa shape index (κ3) is 3.63. The molecule has 1 aliphatic rings. The van der Waals surface area contributed by atoms with Gasteiger partial charge in [0, 0.05) is 17.6 Å². The SMILES string of the molecule is Cc1ccc2c(c1)CCCN2C(=O)CNC(=O)C(C)(C)C. The minimum absolute atomic E-state index is 0.0441. The van der Waals surface area contributed by atoms with Gasteiger partial charge in [-0.2, -0.15) is 0 Å². The molecule has 0 bridgehead atoms. The van der Waals surface area contributed by atoms with Crippen molar-refractivity contribution in [2.75, 3.05) is 18.0 Å². The molecule has 0 spiro atoms. The molecule has 0 unspecified atom stereocenters. The van der Waals surface area contributed by atoms with Crippen LogP contribution >= 0.6 is 0 Å². The number of carbonyl (C=O) groups excluding carboxylic acids is 2. The van der Waals surface area contributed by atoms with E-state index in [1.807, 2.05) is 32.9 Å². The molecule has 1 aromatic carbocycles. The molecule has 114 valence electrons. The van der Waals surface area contributed by atoms with E-state index in [4.69, 9.17) is 0 Å². The predicted molar refractivity (Wildman–Crippen MR) is 84.3 cm³/mol. The predicted octanol–water partition coefficient (Wildman–Crippen LogP) is 2.44. The smallest absolute Gasteiger partial charge is 0.246 e. The summed E-state index contributed by atoms with van der Waals surface area (Å²) in [6.45, 7) is 8.36. The van der Waals surface area contributed by atoms with Crippen molar-refractivity contribution in [3.8, 4) is 0 Å². The normalized spacial score (nSPS) is 14.6. The van der Waals surface area contributed by atoms with Crippen LogP contribution in [0.1, 0.15) is 38.3 Å². The molecule has 1 aliphatic heterocycles. The quantitative estimate of drug-likeness (QED) is 0.908. The lowest BCUT2D eigenvalue weighted by molar-refractivity contribution is -0.130. The van der Waals surface area contributed by atoms with Crippen molar-refractivity contribution < 1.29 is 9.59 Å². The number of benzene rings is 1. The van der Waals surface area contributed by atoms with Gasteiger partial charge >= 0.3 is 0 Å². The highest BCUT2D eigenvalue weighted by Gasteiger charge is 2.25. The minimum Gasteiger partial charge on any atom is -0.347 e. The van der Waals surface area contributed by atoms with E-state index in [9.17, 15) is 9.59 Å². The van der Waals surface area contributed by atoms with Crippen LogP contribution in [0, 0.1) is 12.3 Å². The average molecular weight is 288 g/mol. The molecule has 1 N–H and O–H groups in total. The first-order valence-corrected chi connectivity index (χ1v) is 7.47. The summed E-state index contributed by atoms with van der Waals surface area (Å²) in [6.07, 6.45) is 1.98. The zero-order valence-electron chi connectivity index (χ0n) is 13.3. The van der Waals surface area contributed by atoms with Crippen molar-refractivity contribution in [1.82, 2.24) is 5.32 Å². The minimum atomic E-state index is -0.475. The topological polar surface area (TPSA) is 49.4 Å². The third-order valence-electron chi connectivity index (χ3n) is 3.74. The second-order valence-electron chi connectivity index (χ2n) is 6.71. The van der Waals surface area contributed by atoms with Gasteiger partial charge in [-0.1, -0.05) is 38.5 Å². The van der Waals surface area contributed by atoms with Crippen LogP contribution in [0.4, 0.5) is 5.69 Å². The number of nitrogens with zero attached hydrogens (tertiary/aromatic N) is 1. The number of aryl methyl sites for hydroxylation is 2. The molecule has 0 aromatic heterocycles. The van der Waals surface area contributed by atoms with Crippen LogP contribution in [0.3, 0.4) is 0 Å². The summed E-state index contributed by atoms with van der Waals surface area (Å²) in [5.74, 6) is -0.144. The number of anilines is 1. The molecule has 0 aliphatic carbocycles. The van der Waals surface area contributed by atoms with E-state index >= 15 is 0 Å². The zero-order chi connectivity index (χ0) is 15.6. The Balaban J connectivity index is 2.07. The summed E-state index contributed by atoms with van der Waals surface area (Å²) >= 11 is 0. The number of hydrogen-bond donors (Lipinski definition) is 1. The maximum absolute atomic E-state index is 12.4. The molecule has 0 saturated heterocycles. The molecule has 1 heterocycles. The van der Waals surface area contributed by atoms with Crippen molar-refractivity contribution in [1.29, 1.82) is 0 Å². The molecule has 0 atom stereocenters. The summed E-state index contributed by atoms with van der Waals surface area (Å²) in [5.41, 5.74) is 2.94. The van der Waals surface area contributed by atoms with Gasteiger partial charge in [0.25, 0.3) is 0 Å². The fourth-order valence-electron chi connectivity index (χ4n) is 2.50. The molecular weight excluding hydrogens is 264 g/mol. The van der Waals surface area contributed by atoms with Crippen molar-refractivity contribution in [2.24, 2.45) is 5.41 Å². The molecule has 0 fully saturated rings. The summed E-state index contributed by atoms with van der Waals surface area (Å²) in [5, 5.41) is 2.73. The molecule has 1 aromatic rings. The number of fused-ring (bicyclic) bond motifs is 1. The van der Waals surface area contributed by atoms with E-state index in [-0.39, 0.29) is 18.4 Å². The van der Waals surface area contributed by atoms with Gasteiger partial charge in [0.15, 0.2) is 0 Å². The van der Waals surface area contributed by atoms with Crippen LogP contribution in [-0.4, -0.2) is 24.9 Å². The lowest BCUT2D eigenvalue weighted by atomic mass is 9.96. The average Bonchev–Trinajstić information content (AvgIpc) is 2.42. The molecule has 0 radical (unpaired) electrons. The van der Waals surface area contributed by atoms with Gasteiger partial charge in [-0.05, 0) is 31.4 Å². The molecule has 4 nitrogen and oxygen atoms in total. The first-order chi connectivity index (χ1) is 9.79. The summed E-state index contributed by atoms with van der Waals surface area (Å²) in [4.78, 5) is 26.0. The van der Waals surface area contributed by atoms with E-state index in [0.29, 0.717) is 0 Å². The fourth-order valence-corrected chi connectivity index (χ4v) is 2.50. The summed E-state index contributed by atoms with van der Waals surface area (Å²) in [6, 6.07) is 6.17. The Morgan fingerprint density at radius 1 is 1.29 bits per heavy atom. The first-order valence-electron chi connectivity index (χ1n) is 7.47. The lowest BCUT2D eigenvalue weighted by Crippen LogP contribution is -2.45. The number of carbonyl (C=O) groups is 2. The second kappa shape index (κ2) is 5.88. The van der Waals surface area contributed by atoms with Gasteiger partial charge in [-0.3, -0.25) is 9.59 Å². The van der Waals surface area contributed by atoms with Crippen molar-refractivity contribution >= 4 is 17.5 Å². The van der Waals surface area contributed by atoms with E-state index < -0.39 is 5.41 Å². The molecule has 2 amide bonds. The van der Waals surface area contributed by atoms with Crippen LogP contribution in [-0.2, 0) is 16.0 Å². The van der Waals surface area contributed by atoms with Gasteiger partial charge < -0.3 is 10.2 Å². The Bertz CT molecular complexity index is 558. The monoisotopic (exact) mass is 288 g/mol. The number of amides is 2. The van der Waals surface area contributed by atoms with Gasteiger partial charge in [0.1, 0.15) is 0 Å². The third-order valence-corrected chi connectivity index (χ3v) is 3.74. The molecule has 4 heteroatoms. The Morgan fingerprint density at radius 2 is 2.00 bits per heavy atom. The number of rotatable bonds is 2. The largest absolute Gasteiger partial charge is 0.347 e.